The number of carboxylic acids is 1. The van der Waals surface area contributed by atoms with E-state index in [-0.39, 0.29) is 24.8 Å². The summed E-state index contributed by atoms with van der Waals surface area (Å²) in [6.07, 6.45) is 0.453. The Hall–Kier alpha value is -3.26. The third-order valence-corrected chi connectivity index (χ3v) is 5.45. The van der Waals surface area contributed by atoms with Crippen LogP contribution in [0, 0.1) is 5.92 Å². The number of imide groups is 1. The number of rotatable bonds is 9. The van der Waals surface area contributed by atoms with Gasteiger partial charge in [0.05, 0.1) is 17.2 Å². The Morgan fingerprint density at radius 3 is 2.00 bits per heavy atom. The van der Waals surface area contributed by atoms with Crippen molar-refractivity contribution in [1.29, 1.82) is 0 Å². The number of nitrogens with one attached hydrogen (secondary N) is 2. The molecule has 1 unspecified atom stereocenters. The van der Waals surface area contributed by atoms with Crippen LogP contribution in [-0.4, -0.2) is 59.4 Å². The molecule has 3 rings (SSSR count). The number of nitrogens with zero attached hydrogens (tertiary/aromatic N) is 1. The second-order valence-corrected chi connectivity index (χ2v) is 8.15. The van der Waals surface area contributed by atoms with E-state index < -0.39 is 29.9 Å². The minimum Gasteiger partial charge on any atom is -0.480 e. The first-order valence-corrected chi connectivity index (χ1v) is 10.3. The molecular formula is C23H27N3O5. The molecule has 0 fully saturated rings. The van der Waals surface area contributed by atoms with Gasteiger partial charge in [0, 0.05) is 13.6 Å². The van der Waals surface area contributed by atoms with Crippen LogP contribution in [0.25, 0.3) is 10.8 Å². The van der Waals surface area contributed by atoms with Gasteiger partial charge in [-0.1, -0.05) is 38.1 Å². The van der Waals surface area contributed by atoms with Crippen LogP contribution >= 0.6 is 0 Å². The van der Waals surface area contributed by atoms with Gasteiger partial charge in [-0.3, -0.25) is 29.4 Å². The summed E-state index contributed by atoms with van der Waals surface area (Å²) in [5.74, 6) is -2.12. The molecule has 0 aromatic heterocycles. The predicted molar refractivity (Wildman–Crippen MR) is 116 cm³/mol. The van der Waals surface area contributed by atoms with E-state index in [9.17, 15) is 24.3 Å². The van der Waals surface area contributed by atoms with Gasteiger partial charge in [0.25, 0.3) is 11.8 Å². The second kappa shape index (κ2) is 9.26. The number of aliphatic carboxylic acids is 1. The Labute approximate surface area is 180 Å². The van der Waals surface area contributed by atoms with Crippen molar-refractivity contribution < 1.29 is 24.3 Å². The lowest BCUT2D eigenvalue weighted by Gasteiger charge is -2.24. The van der Waals surface area contributed by atoms with Crippen molar-refractivity contribution in [2.24, 2.45) is 5.92 Å². The molecule has 0 aliphatic carbocycles. The van der Waals surface area contributed by atoms with Gasteiger partial charge in [0.1, 0.15) is 6.04 Å². The highest BCUT2D eigenvalue weighted by Crippen LogP contribution is 2.28. The molecule has 2 atom stereocenters. The van der Waals surface area contributed by atoms with Crippen molar-refractivity contribution in [3.8, 4) is 0 Å². The molecule has 2 aromatic carbocycles. The molecule has 3 N–H and O–H groups in total. The van der Waals surface area contributed by atoms with Crippen molar-refractivity contribution in [2.45, 2.75) is 38.8 Å². The number of likely N-dealkylation sites (N-methyl/N-ethyl adjacent to an activating group) is 1. The molecule has 1 aliphatic rings. The summed E-state index contributed by atoms with van der Waals surface area (Å²) in [7, 11) is 1.50. The van der Waals surface area contributed by atoms with Crippen molar-refractivity contribution >= 4 is 34.5 Å². The van der Waals surface area contributed by atoms with E-state index in [1.54, 1.807) is 12.1 Å². The number of carbonyl (C=O) groups excluding carboxylic acids is 3. The molecule has 2 aromatic rings. The summed E-state index contributed by atoms with van der Waals surface area (Å²) in [5, 5.41) is 16.8. The average Bonchev–Trinajstić information content (AvgIpc) is 2.97. The molecule has 31 heavy (non-hydrogen) atoms. The Bertz CT molecular complexity index is 979. The molecule has 164 valence electrons. The van der Waals surface area contributed by atoms with Crippen LogP contribution in [0.5, 0.6) is 0 Å². The van der Waals surface area contributed by atoms with E-state index in [4.69, 9.17) is 0 Å². The van der Waals surface area contributed by atoms with E-state index in [0.717, 1.165) is 15.7 Å². The van der Waals surface area contributed by atoms with Crippen molar-refractivity contribution in [1.82, 2.24) is 15.5 Å². The SMILES string of the molecule is CNC(=O)[C@@H](CC(C)C)NC(CCN1C(=O)c2cc3ccccc3cc2C1=O)C(=O)O. The van der Waals surface area contributed by atoms with Gasteiger partial charge in [-0.05, 0) is 41.7 Å². The van der Waals surface area contributed by atoms with E-state index in [0.29, 0.717) is 17.5 Å². The third kappa shape index (κ3) is 4.74. The Kier molecular flexibility index (Phi) is 6.70. The van der Waals surface area contributed by atoms with Crippen molar-refractivity contribution in [2.75, 3.05) is 13.6 Å². The van der Waals surface area contributed by atoms with Gasteiger partial charge in [-0.25, -0.2) is 0 Å². The summed E-state index contributed by atoms with van der Waals surface area (Å²) in [6.45, 7) is 3.82. The molecule has 3 amide bonds. The smallest absolute Gasteiger partial charge is 0.320 e. The van der Waals surface area contributed by atoms with Crippen LogP contribution in [0.1, 0.15) is 47.4 Å². The fraction of sp³-hybridized carbons (Fsp3) is 0.391. The molecule has 0 saturated carbocycles. The fourth-order valence-corrected chi connectivity index (χ4v) is 3.86. The van der Waals surface area contributed by atoms with E-state index in [1.807, 2.05) is 38.1 Å². The zero-order chi connectivity index (χ0) is 22.7. The maximum atomic E-state index is 12.8. The molecule has 1 aliphatic heterocycles. The quantitative estimate of drug-likeness (QED) is 0.530. The lowest BCUT2D eigenvalue weighted by molar-refractivity contribution is -0.140. The topological polar surface area (TPSA) is 116 Å². The maximum absolute atomic E-state index is 12.8. The number of hydrogen-bond donors (Lipinski definition) is 3. The normalized spacial score (nSPS) is 15.3. The zero-order valence-corrected chi connectivity index (χ0v) is 17.8. The van der Waals surface area contributed by atoms with Gasteiger partial charge in [-0.15, -0.1) is 0 Å². The van der Waals surface area contributed by atoms with Gasteiger partial charge in [-0.2, -0.15) is 0 Å². The zero-order valence-electron chi connectivity index (χ0n) is 17.8. The molecule has 0 radical (unpaired) electrons. The van der Waals surface area contributed by atoms with Crippen LogP contribution < -0.4 is 10.6 Å². The van der Waals surface area contributed by atoms with Crippen molar-refractivity contribution in [3.05, 3.63) is 47.5 Å². The number of benzene rings is 2. The van der Waals surface area contributed by atoms with Crippen LogP contribution in [0.4, 0.5) is 0 Å². The fourth-order valence-electron chi connectivity index (χ4n) is 3.86. The van der Waals surface area contributed by atoms with Crippen LogP contribution in [0.3, 0.4) is 0 Å². The highest BCUT2D eigenvalue weighted by atomic mass is 16.4. The largest absolute Gasteiger partial charge is 0.480 e. The number of hydrogen-bond acceptors (Lipinski definition) is 5. The van der Waals surface area contributed by atoms with Crippen LogP contribution in [0.15, 0.2) is 36.4 Å². The lowest BCUT2D eigenvalue weighted by atomic mass is 10.0. The molecular weight excluding hydrogens is 398 g/mol. The minimum absolute atomic E-state index is 0.00802. The van der Waals surface area contributed by atoms with E-state index in [1.165, 1.54) is 7.05 Å². The number of carboxylic acid groups (broad SMARTS) is 1. The number of fused-ring (bicyclic) bond motifs is 2. The summed E-state index contributed by atoms with van der Waals surface area (Å²) in [4.78, 5) is 50.7. The molecule has 0 spiro atoms. The summed E-state index contributed by atoms with van der Waals surface area (Å²) < 4.78 is 0. The van der Waals surface area contributed by atoms with Crippen molar-refractivity contribution in [3.63, 3.8) is 0 Å². The highest BCUT2D eigenvalue weighted by Gasteiger charge is 2.37. The minimum atomic E-state index is -1.14. The number of amides is 3. The molecule has 0 saturated heterocycles. The lowest BCUT2D eigenvalue weighted by Crippen LogP contribution is -2.51. The standard InChI is InChI=1S/C23H27N3O5/c1-13(2)10-19(20(27)24-3)25-18(23(30)31)8-9-26-21(28)16-11-14-6-4-5-7-15(14)12-17(16)22(26)29/h4-7,11-13,18-19,25H,8-10H2,1-3H3,(H,24,27)(H,30,31)/t18?,19-/m1/s1. The van der Waals surface area contributed by atoms with E-state index >= 15 is 0 Å². The second-order valence-electron chi connectivity index (χ2n) is 8.15. The summed E-state index contributed by atoms with van der Waals surface area (Å²) >= 11 is 0. The van der Waals surface area contributed by atoms with Gasteiger partial charge < -0.3 is 10.4 Å². The molecule has 0 bridgehead atoms. The maximum Gasteiger partial charge on any atom is 0.320 e. The highest BCUT2D eigenvalue weighted by molar-refractivity contribution is 6.23. The molecule has 8 nitrogen and oxygen atoms in total. The van der Waals surface area contributed by atoms with Crippen LogP contribution in [-0.2, 0) is 9.59 Å². The molecule has 8 heteroatoms. The van der Waals surface area contributed by atoms with Gasteiger partial charge >= 0.3 is 5.97 Å². The first-order chi connectivity index (χ1) is 14.7. The van der Waals surface area contributed by atoms with E-state index in [2.05, 4.69) is 10.6 Å². The first-order valence-electron chi connectivity index (χ1n) is 10.3. The summed E-state index contributed by atoms with van der Waals surface area (Å²) in [6, 6.07) is 9.09. The Morgan fingerprint density at radius 1 is 1.00 bits per heavy atom. The third-order valence-electron chi connectivity index (χ3n) is 5.45. The Morgan fingerprint density at radius 2 is 1.55 bits per heavy atom. The average molecular weight is 425 g/mol. The monoisotopic (exact) mass is 425 g/mol. The predicted octanol–water partition coefficient (Wildman–Crippen LogP) is 2.03. The first kappa shape index (κ1) is 22.4. The summed E-state index contributed by atoms with van der Waals surface area (Å²) in [5.41, 5.74) is 0.651. The van der Waals surface area contributed by atoms with Gasteiger partial charge in [0.2, 0.25) is 5.91 Å². The number of carbonyl (C=O) groups is 4. The Balaban J connectivity index is 1.75. The molecule has 1 heterocycles. The van der Waals surface area contributed by atoms with Gasteiger partial charge in [0.15, 0.2) is 0 Å². The van der Waals surface area contributed by atoms with Crippen LogP contribution in [0.2, 0.25) is 0 Å².